The highest BCUT2D eigenvalue weighted by molar-refractivity contribution is 5.74. The molecular formula is C19H28FN3O3. The molecule has 2 fully saturated rings. The fourth-order valence-electron chi connectivity index (χ4n) is 3.52. The number of carbonyl (C=O) groups is 1. The zero-order chi connectivity index (χ0) is 18.6. The molecule has 3 rings (SSSR count). The zero-order valence-electron chi connectivity index (χ0n) is 15.5. The standard InChI is InChI=1S/C19H28FN3O3/c1-19(2)14-23(9-12-26-19)18(24)21-13-17(22-7-10-25-11-8-22)15-3-5-16(20)6-4-15/h3-6,17H,7-14H2,1-2H3,(H,21,24). The number of halogens is 1. The van der Waals surface area contributed by atoms with Crippen LogP contribution in [0.25, 0.3) is 0 Å². The monoisotopic (exact) mass is 365 g/mol. The molecule has 1 aromatic carbocycles. The minimum Gasteiger partial charge on any atom is -0.379 e. The molecule has 0 saturated carbocycles. The predicted molar refractivity (Wildman–Crippen MR) is 96.5 cm³/mol. The second-order valence-electron chi connectivity index (χ2n) is 7.43. The van der Waals surface area contributed by atoms with Crippen molar-refractivity contribution in [2.24, 2.45) is 0 Å². The quantitative estimate of drug-likeness (QED) is 0.887. The lowest BCUT2D eigenvalue weighted by atomic mass is 10.0. The fraction of sp³-hybridized carbons (Fsp3) is 0.632. The maximum absolute atomic E-state index is 13.3. The largest absolute Gasteiger partial charge is 0.379 e. The lowest BCUT2D eigenvalue weighted by molar-refractivity contribution is -0.0735. The van der Waals surface area contributed by atoms with Crippen LogP contribution in [0.3, 0.4) is 0 Å². The molecule has 2 amide bonds. The molecule has 26 heavy (non-hydrogen) atoms. The molecule has 0 aliphatic carbocycles. The number of morpholine rings is 2. The van der Waals surface area contributed by atoms with Crippen LogP contribution in [-0.2, 0) is 9.47 Å². The van der Waals surface area contributed by atoms with Gasteiger partial charge in [0, 0.05) is 26.2 Å². The highest BCUT2D eigenvalue weighted by Gasteiger charge is 2.31. The summed E-state index contributed by atoms with van der Waals surface area (Å²) in [5, 5.41) is 3.06. The molecule has 0 radical (unpaired) electrons. The first-order valence-corrected chi connectivity index (χ1v) is 9.19. The summed E-state index contributed by atoms with van der Waals surface area (Å²) in [6.45, 7) is 9.08. The van der Waals surface area contributed by atoms with Crippen LogP contribution in [0, 0.1) is 5.82 Å². The van der Waals surface area contributed by atoms with E-state index in [-0.39, 0.29) is 23.5 Å². The predicted octanol–water partition coefficient (Wildman–Crippen LogP) is 2.02. The topological polar surface area (TPSA) is 54.0 Å². The molecule has 2 aliphatic heterocycles. The fourth-order valence-corrected chi connectivity index (χ4v) is 3.52. The molecular weight excluding hydrogens is 337 g/mol. The molecule has 2 saturated heterocycles. The molecule has 144 valence electrons. The van der Waals surface area contributed by atoms with Crippen LogP contribution in [0.1, 0.15) is 25.5 Å². The molecule has 1 aromatic rings. The third-order valence-corrected chi connectivity index (χ3v) is 4.90. The molecule has 1 N–H and O–H groups in total. The van der Waals surface area contributed by atoms with Crippen molar-refractivity contribution in [2.45, 2.75) is 25.5 Å². The Balaban J connectivity index is 1.65. The molecule has 2 aliphatic rings. The average molecular weight is 365 g/mol. The van der Waals surface area contributed by atoms with E-state index >= 15 is 0 Å². The van der Waals surface area contributed by atoms with E-state index in [4.69, 9.17) is 9.47 Å². The van der Waals surface area contributed by atoms with Crippen LogP contribution in [0.2, 0.25) is 0 Å². The molecule has 6 nitrogen and oxygen atoms in total. The Morgan fingerprint density at radius 1 is 1.19 bits per heavy atom. The van der Waals surface area contributed by atoms with Gasteiger partial charge in [-0.25, -0.2) is 9.18 Å². The number of carbonyl (C=O) groups excluding carboxylic acids is 1. The van der Waals surface area contributed by atoms with Crippen molar-refractivity contribution in [3.63, 3.8) is 0 Å². The van der Waals surface area contributed by atoms with E-state index in [1.807, 2.05) is 13.8 Å². The summed E-state index contributed by atoms with van der Waals surface area (Å²) in [6, 6.07) is 6.43. The zero-order valence-corrected chi connectivity index (χ0v) is 15.5. The van der Waals surface area contributed by atoms with E-state index in [9.17, 15) is 9.18 Å². The number of benzene rings is 1. The Kier molecular flexibility index (Phi) is 6.11. The van der Waals surface area contributed by atoms with Crippen molar-refractivity contribution >= 4 is 6.03 Å². The molecule has 2 heterocycles. The lowest BCUT2D eigenvalue weighted by Gasteiger charge is -2.39. The van der Waals surface area contributed by atoms with E-state index in [1.54, 1.807) is 17.0 Å². The summed E-state index contributed by atoms with van der Waals surface area (Å²) in [6.07, 6.45) is 0. The van der Waals surface area contributed by atoms with Crippen LogP contribution in [0.5, 0.6) is 0 Å². The summed E-state index contributed by atoms with van der Waals surface area (Å²) in [4.78, 5) is 16.7. The number of hydrogen-bond donors (Lipinski definition) is 1. The van der Waals surface area contributed by atoms with E-state index < -0.39 is 0 Å². The minimum atomic E-state index is -0.323. The first kappa shape index (κ1) is 19.1. The third kappa shape index (κ3) is 4.93. The summed E-state index contributed by atoms with van der Waals surface area (Å²) >= 11 is 0. The van der Waals surface area contributed by atoms with E-state index in [0.29, 0.717) is 39.5 Å². The van der Waals surface area contributed by atoms with Gasteiger partial charge in [0.25, 0.3) is 0 Å². The molecule has 1 unspecified atom stereocenters. The van der Waals surface area contributed by atoms with Gasteiger partial charge in [-0.1, -0.05) is 12.1 Å². The molecule has 7 heteroatoms. The normalized spacial score (nSPS) is 22.0. The van der Waals surface area contributed by atoms with Crippen LogP contribution in [0.4, 0.5) is 9.18 Å². The minimum absolute atomic E-state index is 0.00231. The van der Waals surface area contributed by atoms with Crippen molar-refractivity contribution < 1.29 is 18.7 Å². The van der Waals surface area contributed by atoms with Crippen LogP contribution < -0.4 is 5.32 Å². The van der Waals surface area contributed by atoms with Gasteiger partial charge in [0.2, 0.25) is 0 Å². The van der Waals surface area contributed by atoms with Gasteiger partial charge in [-0.2, -0.15) is 0 Å². The first-order chi connectivity index (χ1) is 12.4. The van der Waals surface area contributed by atoms with Crippen LogP contribution in [-0.4, -0.2) is 74.0 Å². The highest BCUT2D eigenvalue weighted by Crippen LogP contribution is 2.22. The van der Waals surface area contributed by atoms with Gasteiger partial charge < -0.3 is 19.7 Å². The summed E-state index contributed by atoms with van der Waals surface area (Å²) in [5.41, 5.74) is 0.673. The van der Waals surface area contributed by atoms with Gasteiger partial charge >= 0.3 is 6.03 Å². The highest BCUT2D eigenvalue weighted by atomic mass is 19.1. The van der Waals surface area contributed by atoms with Gasteiger partial charge in [0.15, 0.2) is 0 Å². The van der Waals surface area contributed by atoms with Gasteiger partial charge in [-0.05, 0) is 31.5 Å². The van der Waals surface area contributed by atoms with Crippen molar-refractivity contribution in [2.75, 3.05) is 52.5 Å². The maximum atomic E-state index is 13.3. The van der Waals surface area contributed by atoms with Crippen molar-refractivity contribution in [3.05, 3.63) is 35.6 Å². The van der Waals surface area contributed by atoms with E-state index in [1.165, 1.54) is 12.1 Å². The number of nitrogens with one attached hydrogen (secondary N) is 1. The number of urea groups is 1. The van der Waals surface area contributed by atoms with Gasteiger partial charge in [-0.15, -0.1) is 0 Å². The summed E-state index contributed by atoms with van der Waals surface area (Å²) in [7, 11) is 0. The van der Waals surface area contributed by atoms with E-state index in [0.717, 1.165) is 18.7 Å². The number of hydrogen-bond acceptors (Lipinski definition) is 4. The van der Waals surface area contributed by atoms with Crippen LogP contribution in [0.15, 0.2) is 24.3 Å². The number of rotatable bonds is 4. The van der Waals surface area contributed by atoms with Crippen LogP contribution >= 0.6 is 0 Å². The Hall–Kier alpha value is -1.70. The first-order valence-electron chi connectivity index (χ1n) is 9.19. The maximum Gasteiger partial charge on any atom is 0.317 e. The molecule has 0 spiro atoms. The third-order valence-electron chi connectivity index (χ3n) is 4.90. The van der Waals surface area contributed by atoms with Crippen molar-refractivity contribution in [1.29, 1.82) is 0 Å². The van der Waals surface area contributed by atoms with Gasteiger partial charge in [0.05, 0.1) is 38.0 Å². The second kappa shape index (κ2) is 8.33. The number of nitrogens with zero attached hydrogens (tertiary/aromatic N) is 2. The van der Waals surface area contributed by atoms with Gasteiger partial charge in [-0.3, -0.25) is 4.90 Å². The Labute approximate surface area is 154 Å². The molecule has 0 aromatic heterocycles. The van der Waals surface area contributed by atoms with Crippen molar-refractivity contribution in [1.82, 2.24) is 15.1 Å². The second-order valence-corrected chi connectivity index (χ2v) is 7.43. The number of ether oxygens (including phenoxy) is 2. The Morgan fingerprint density at radius 3 is 2.54 bits per heavy atom. The average Bonchev–Trinajstić information content (AvgIpc) is 2.63. The smallest absolute Gasteiger partial charge is 0.317 e. The van der Waals surface area contributed by atoms with E-state index in [2.05, 4.69) is 10.2 Å². The lowest BCUT2D eigenvalue weighted by Crippen LogP contribution is -2.54. The Morgan fingerprint density at radius 2 is 1.88 bits per heavy atom. The molecule has 1 atom stereocenters. The summed E-state index contributed by atoms with van der Waals surface area (Å²) < 4.78 is 24.4. The number of amides is 2. The Bertz CT molecular complexity index is 603. The van der Waals surface area contributed by atoms with Crippen molar-refractivity contribution in [3.8, 4) is 0 Å². The summed E-state index contributed by atoms with van der Waals surface area (Å²) in [5.74, 6) is -0.255. The van der Waals surface area contributed by atoms with Gasteiger partial charge in [0.1, 0.15) is 5.82 Å². The molecule has 0 bridgehead atoms. The SMILES string of the molecule is CC1(C)CN(C(=O)NCC(c2ccc(F)cc2)N2CCOCC2)CCO1.